The topological polar surface area (TPSA) is 78.5 Å². The Hall–Kier alpha value is -1.18. The van der Waals surface area contributed by atoms with Gasteiger partial charge in [-0.2, -0.15) is 14.5 Å². The molecule has 0 N–H and O–H groups in total. The average molecular weight is 296 g/mol. The lowest BCUT2D eigenvalue weighted by Crippen LogP contribution is -2.26. The maximum absolute atomic E-state index is 11.9. The summed E-state index contributed by atoms with van der Waals surface area (Å²) in [7, 11) is 0. The number of halogens is 3. The van der Waals surface area contributed by atoms with Gasteiger partial charge in [-0.3, -0.25) is 0 Å². The van der Waals surface area contributed by atoms with Crippen LogP contribution in [0.25, 0.3) is 0 Å². The minimum Gasteiger partial charge on any atom is -0.243 e. The largest absolute Gasteiger partial charge is 0.372 e. The first kappa shape index (κ1) is 12.3. The fourth-order valence-electron chi connectivity index (χ4n) is 1.14. The molecule has 0 saturated heterocycles. The number of alkyl halides is 3. The molecule has 0 fully saturated rings. The number of nitrogens with zero attached hydrogens (tertiary/aromatic N) is 6. The minimum atomic E-state index is -1.85. The first-order chi connectivity index (χ1) is 7.89. The molecule has 0 aliphatic rings. The van der Waals surface area contributed by atoms with E-state index in [-0.39, 0.29) is 5.82 Å². The van der Waals surface area contributed by atoms with Crippen molar-refractivity contribution in [1.29, 1.82) is 0 Å². The highest BCUT2D eigenvalue weighted by molar-refractivity contribution is 6.66. The zero-order chi connectivity index (χ0) is 12.6. The van der Waals surface area contributed by atoms with E-state index in [1.165, 1.54) is 12.7 Å². The summed E-state index contributed by atoms with van der Waals surface area (Å²) in [5.74, 6) is 0.209. The Labute approximate surface area is 110 Å². The summed E-state index contributed by atoms with van der Waals surface area (Å²) in [6, 6.07) is -0.635. The molecule has 0 bridgehead atoms. The van der Waals surface area contributed by atoms with Crippen molar-refractivity contribution in [1.82, 2.24) is 29.5 Å². The van der Waals surface area contributed by atoms with E-state index < -0.39 is 9.82 Å². The summed E-state index contributed by atoms with van der Waals surface area (Å²) in [6.07, 6.45) is 2.41. The molecule has 2 aromatic heterocycles. The average Bonchev–Trinajstić information content (AvgIpc) is 2.83. The normalized spacial score (nSPS) is 11.8. The van der Waals surface area contributed by atoms with Gasteiger partial charge < -0.3 is 0 Å². The number of aryl methyl sites for hydroxylation is 1. The van der Waals surface area contributed by atoms with Gasteiger partial charge in [0.1, 0.15) is 18.5 Å². The van der Waals surface area contributed by atoms with Crippen LogP contribution >= 0.6 is 34.8 Å². The van der Waals surface area contributed by atoms with Crippen LogP contribution in [0, 0.1) is 6.92 Å². The van der Waals surface area contributed by atoms with Crippen molar-refractivity contribution >= 4 is 40.8 Å². The highest BCUT2D eigenvalue weighted by Crippen LogP contribution is 2.36. The quantitative estimate of drug-likeness (QED) is 0.689. The van der Waals surface area contributed by atoms with E-state index in [9.17, 15) is 4.79 Å². The fraction of sp³-hybridized carbons (Fsp3) is 0.286. The number of hydrogen-bond donors (Lipinski definition) is 0. The highest BCUT2D eigenvalue weighted by atomic mass is 35.6. The van der Waals surface area contributed by atoms with Gasteiger partial charge in [0.2, 0.25) is 3.79 Å². The second kappa shape index (κ2) is 4.25. The van der Waals surface area contributed by atoms with E-state index in [1.54, 1.807) is 6.92 Å². The molecule has 17 heavy (non-hydrogen) atoms. The van der Waals surface area contributed by atoms with Crippen molar-refractivity contribution in [2.24, 2.45) is 0 Å². The van der Waals surface area contributed by atoms with Gasteiger partial charge in [0.25, 0.3) is 0 Å². The minimum absolute atomic E-state index is 0.0968. The van der Waals surface area contributed by atoms with Crippen LogP contribution in [-0.2, 0) is 3.79 Å². The molecule has 0 aromatic carbocycles. The van der Waals surface area contributed by atoms with Gasteiger partial charge in [-0.1, -0.05) is 34.8 Å². The van der Waals surface area contributed by atoms with Gasteiger partial charge in [-0.15, -0.1) is 5.10 Å². The molecule has 2 heterocycles. The monoisotopic (exact) mass is 294 g/mol. The fourth-order valence-corrected chi connectivity index (χ4v) is 1.50. The van der Waals surface area contributed by atoms with E-state index in [4.69, 9.17) is 34.8 Å². The first-order valence-electron chi connectivity index (χ1n) is 4.30. The SMILES string of the molecule is Cc1nc(C(Cl)(Cl)Cl)n(C(=O)n2cncn2)n1. The van der Waals surface area contributed by atoms with Gasteiger partial charge in [0.05, 0.1) is 0 Å². The third-order valence-electron chi connectivity index (χ3n) is 1.76. The van der Waals surface area contributed by atoms with Crippen LogP contribution in [0.2, 0.25) is 0 Å². The molecule has 0 spiro atoms. The maximum atomic E-state index is 11.9. The molecule has 90 valence electrons. The molecular formula is C7H5Cl3N6O. The summed E-state index contributed by atoms with van der Waals surface area (Å²) in [6.45, 7) is 1.57. The number of hydrogen-bond acceptors (Lipinski definition) is 5. The zero-order valence-electron chi connectivity index (χ0n) is 8.38. The summed E-state index contributed by atoms with van der Waals surface area (Å²) in [5.41, 5.74) is 0. The number of aromatic nitrogens is 6. The molecule has 0 aliphatic carbocycles. The van der Waals surface area contributed by atoms with Gasteiger partial charge in [0, 0.05) is 0 Å². The van der Waals surface area contributed by atoms with Crippen LogP contribution in [0.3, 0.4) is 0 Å². The van der Waals surface area contributed by atoms with Gasteiger partial charge in [-0.25, -0.2) is 14.8 Å². The Kier molecular flexibility index (Phi) is 3.07. The summed E-state index contributed by atoms with van der Waals surface area (Å²) >= 11 is 17.1. The van der Waals surface area contributed by atoms with Crippen LogP contribution in [0.5, 0.6) is 0 Å². The molecule has 0 radical (unpaired) electrons. The highest BCUT2D eigenvalue weighted by Gasteiger charge is 2.33. The molecule has 0 amide bonds. The molecule has 7 nitrogen and oxygen atoms in total. The summed E-state index contributed by atoms with van der Waals surface area (Å²) in [5, 5.41) is 7.51. The maximum Gasteiger partial charge on any atom is 0.372 e. The van der Waals surface area contributed by atoms with Crippen molar-refractivity contribution in [2.45, 2.75) is 10.7 Å². The Balaban J connectivity index is 2.49. The van der Waals surface area contributed by atoms with E-state index in [0.717, 1.165) is 9.36 Å². The molecule has 0 saturated carbocycles. The lowest BCUT2D eigenvalue weighted by atomic mass is 10.6. The van der Waals surface area contributed by atoms with Crippen LogP contribution in [0.4, 0.5) is 4.79 Å². The predicted molar refractivity (Wildman–Crippen MR) is 60.2 cm³/mol. The van der Waals surface area contributed by atoms with Crippen molar-refractivity contribution in [3.05, 3.63) is 24.3 Å². The third-order valence-corrected chi connectivity index (χ3v) is 2.27. The van der Waals surface area contributed by atoms with E-state index in [2.05, 4.69) is 20.2 Å². The van der Waals surface area contributed by atoms with Crippen LogP contribution in [0.15, 0.2) is 12.7 Å². The third kappa shape index (κ3) is 2.41. The lowest BCUT2D eigenvalue weighted by Gasteiger charge is -2.10. The summed E-state index contributed by atoms with van der Waals surface area (Å²) in [4.78, 5) is 19.5. The van der Waals surface area contributed by atoms with Gasteiger partial charge >= 0.3 is 6.03 Å². The Morgan fingerprint density at radius 2 is 2.12 bits per heavy atom. The van der Waals surface area contributed by atoms with E-state index >= 15 is 0 Å². The molecule has 2 aromatic rings. The Morgan fingerprint density at radius 1 is 1.41 bits per heavy atom. The van der Waals surface area contributed by atoms with Crippen LogP contribution in [-0.4, -0.2) is 35.6 Å². The zero-order valence-corrected chi connectivity index (χ0v) is 10.6. The molecule has 0 unspecified atom stereocenters. The predicted octanol–water partition coefficient (Wildman–Crippen LogP) is 1.52. The van der Waals surface area contributed by atoms with Crippen molar-refractivity contribution in [3.63, 3.8) is 0 Å². The summed E-state index contributed by atoms with van der Waals surface area (Å²) < 4.78 is -0.0253. The molecule has 10 heteroatoms. The number of carbonyl (C=O) groups is 1. The second-order valence-corrected chi connectivity index (χ2v) is 5.30. The van der Waals surface area contributed by atoms with Crippen molar-refractivity contribution < 1.29 is 4.79 Å². The Morgan fingerprint density at radius 3 is 2.65 bits per heavy atom. The molecule has 2 rings (SSSR count). The lowest BCUT2D eigenvalue weighted by molar-refractivity contribution is 0.237. The van der Waals surface area contributed by atoms with Crippen LogP contribution < -0.4 is 0 Å². The Bertz CT molecular complexity index is 542. The van der Waals surface area contributed by atoms with E-state index in [1.807, 2.05) is 0 Å². The van der Waals surface area contributed by atoms with Crippen molar-refractivity contribution in [3.8, 4) is 0 Å². The number of carbonyl (C=O) groups excluding carboxylic acids is 1. The standard InChI is InChI=1S/C7H5Cl3N6O/c1-4-13-5(7(8,9)10)16(14-4)6(17)15-3-11-2-12-15/h2-3H,1H3. The molecule has 0 aliphatic heterocycles. The molecular weight excluding hydrogens is 290 g/mol. The van der Waals surface area contributed by atoms with Gasteiger partial charge in [-0.05, 0) is 6.92 Å². The van der Waals surface area contributed by atoms with E-state index in [0.29, 0.717) is 5.82 Å². The van der Waals surface area contributed by atoms with Crippen molar-refractivity contribution in [2.75, 3.05) is 0 Å². The smallest absolute Gasteiger partial charge is 0.243 e. The first-order valence-corrected chi connectivity index (χ1v) is 5.43. The van der Waals surface area contributed by atoms with Gasteiger partial charge in [0.15, 0.2) is 5.82 Å². The second-order valence-electron chi connectivity index (χ2n) is 3.01. The van der Waals surface area contributed by atoms with Crippen LogP contribution in [0.1, 0.15) is 11.6 Å². The number of rotatable bonds is 0. The molecule has 0 atom stereocenters.